The minimum Gasteiger partial charge on any atom is -0.495 e. The summed E-state index contributed by atoms with van der Waals surface area (Å²) in [4.78, 5) is 22.8. The van der Waals surface area contributed by atoms with Crippen molar-refractivity contribution >= 4 is 23.0 Å². The zero-order valence-electron chi connectivity index (χ0n) is 14.1. The molecule has 2 aromatic carbocycles. The number of fused-ring (bicyclic) bond motifs is 1. The molecule has 0 unspecified atom stereocenters. The van der Waals surface area contributed by atoms with Crippen molar-refractivity contribution < 1.29 is 23.9 Å². The van der Waals surface area contributed by atoms with Crippen molar-refractivity contribution in [2.45, 2.75) is 13.0 Å². The van der Waals surface area contributed by atoms with Gasteiger partial charge in [-0.05, 0) is 25.1 Å². The third-order valence-corrected chi connectivity index (χ3v) is 3.80. The third kappa shape index (κ3) is 3.61. The van der Waals surface area contributed by atoms with Gasteiger partial charge >= 0.3 is 0 Å². The van der Waals surface area contributed by atoms with Crippen molar-refractivity contribution in [3.63, 3.8) is 0 Å². The van der Waals surface area contributed by atoms with E-state index in [2.05, 4.69) is 10.6 Å². The first-order chi connectivity index (χ1) is 12.5. The number of ether oxygens (including phenoxy) is 3. The Morgan fingerprint density at radius 1 is 1.23 bits per heavy atom. The van der Waals surface area contributed by atoms with E-state index in [0.717, 1.165) is 0 Å². The number of nitrogens with one attached hydrogen (secondary N) is 2. The molecule has 136 valence electrons. The molecule has 9 nitrogen and oxygen atoms in total. The van der Waals surface area contributed by atoms with E-state index in [1.165, 1.54) is 25.3 Å². The molecule has 1 atom stereocenters. The fraction of sp³-hybridized carbons (Fsp3) is 0.235. The lowest BCUT2D eigenvalue weighted by Gasteiger charge is -2.16. The zero-order valence-corrected chi connectivity index (χ0v) is 14.1. The van der Waals surface area contributed by atoms with Gasteiger partial charge in [-0.15, -0.1) is 0 Å². The fourth-order valence-electron chi connectivity index (χ4n) is 2.45. The molecule has 3 rings (SSSR count). The quantitative estimate of drug-likeness (QED) is 0.602. The standard InChI is InChI=1S/C17H17N3O6/c1-10(18-11-3-5-15-16(7-11)26-9-25-15)17(21)19-13-8-12(20(22)23)4-6-14(13)24-2/h3-8,10,18H,9H2,1-2H3,(H,19,21)/t10-/m1/s1. The van der Waals surface area contributed by atoms with E-state index in [1.807, 2.05) is 0 Å². The third-order valence-electron chi connectivity index (χ3n) is 3.80. The molecule has 0 fully saturated rings. The van der Waals surface area contributed by atoms with Gasteiger partial charge in [0.15, 0.2) is 11.5 Å². The topological polar surface area (TPSA) is 112 Å². The number of carbonyl (C=O) groups excluding carboxylic acids is 1. The number of nitrogens with zero attached hydrogens (tertiary/aromatic N) is 1. The van der Waals surface area contributed by atoms with E-state index in [1.54, 1.807) is 25.1 Å². The van der Waals surface area contributed by atoms with Gasteiger partial charge in [0.05, 0.1) is 17.7 Å². The summed E-state index contributed by atoms with van der Waals surface area (Å²) in [5, 5.41) is 16.6. The first-order valence-electron chi connectivity index (χ1n) is 7.77. The zero-order chi connectivity index (χ0) is 18.7. The van der Waals surface area contributed by atoms with E-state index in [-0.39, 0.29) is 24.1 Å². The Bertz CT molecular complexity index is 854. The predicted molar refractivity (Wildman–Crippen MR) is 93.9 cm³/mol. The number of methoxy groups -OCH3 is 1. The smallest absolute Gasteiger partial charge is 0.271 e. The lowest BCUT2D eigenvalue weighted by Crippen LogP contribution is -2.32. The van der Waals surface area contributed by atoms with E-state index in [0.29, 0.717) is 22.9 Å². The lowest BCUT2D eigenvalue weighted by molar-refractivity contribution is -0.384. The van der Waals surface area contributed by atoms with E-state index in [4.69, 9.17) is 14.2 Å². The molecule has 0 saturated carbocycles. The molecule has 1 amide bonds. The normalized spacial score (nSPS) is 13.0. The number of benzene rings is 2. The number of non-ortho nitro benzene ring substituents is 1. The highest BCUT2D eigenvalue weighted by Gasteiger charge is 2.19. The molecule has 2 aromatic rings. The van der Waals surface area contributed by atoms with Crippen LogP contribution in [-0.2, 0) is 4.79 Å². The maximum Gasteiger partial charge on any atom is 0.271 e. The van der Waals surface area contributed by atoms with Crippen LogP contribution in [0.2, 0.25) is 0 Å². The van der Waals surface area contributed by atoms with Crippen LogP contribution in [-0.4, -0.2) is 30.8 Å². The summed E-state index contributed by atoms with van der Waals surface area (Å²) in [6.07, 6.45) is 0. The van der Waals surface area contributed by atoms with Crippen molar-refractivity contribution in [3.05, 3.63) is 46.5 Å². The molecule has 0 aromatic heterocycles. The van der Waals surface area contributed by atoms with E-state index < -0.39 is 11.0 Å². The molecule has 0 bridgehead atoms. The lowest BCUT2D eigenvalue weighted by atomic mass is 10.2. The van der Waals surface area contributed by atoms with E-state index in [9.17, 15) is 14.9 Å². The minimum atomic E-state index is -0.612. The van der Waals surface area contributed by atoms with Gasteiger partial charge in [-0.1, -0.05) is 0 Å². The van der Waals surface area contributed by atoms with Crippen LogP contribution in [0.25, 0.3) is 0 Å². The Morgan fingerprint density at radius 2 is 2.00 bits per heavy atom. The fourth-order valence-corrected chi connectivity index (χ4v) is 2.45. The molecule has 1 heterocycles. The van der Waals surface area contributed by atoms with Crippen LogP contribution in [0.15, 0.2) is 36.4 Å². The Kier molecular flexibility index (Phi) is 4.78. The highest BCUT2D eigenvalue weighted by Crippen LogP contribution is 2.34. The van der Waals surface area contributed by atoms with Crippen LogP contribution in [0, 0.1) is 10.1 Å². The Labute approximate surface area is 149 Å². The summed E-state index contributed by atoms with van der Waals surface area (Å²) in [5.74, 6) is 1.21. The molecule has 1 aliphatic heterocycles. The number of amides is 1. The van der Waals surface area contributed by atoms with Crippen molar-refractivity contribution in [3.8, 4) is 17.2 Å². The first-order valence-corrected chi connectivity index (χ1v) is 7.77. The van der Waals surface area contributed by atoms with Crippen molar-refractivity contribution in [2.75, 3.05) is 24.5 Å². The highest BCUT2D eigenvalue weighted by atomic mass is 16.7. The average molecular weight is 359 g/mol. The maximum atomic E-state index is 12.4. The van der Waals surface area contributed by atoms with E-state index >= 15 is 0 Å². The van der Waals surface area contributed by atoms with Gasteiger partial charge in [0, 0.05) is 23.9 Å². The van der Waals surface area contributed by atoms with Crippen molar-refractivity contribution in [1.82, 2.24) is 0 Å². The summed E-state index contributed by atoms with van der Waals surface area (Å²) >= 11 is 0. The summed E-state index contributed by atoms with van der Waals surface area (Å²) in [6, 6.07) is 8.64. The second-order valence-corrected chi connectivity index (χ2v) is 5.57. The summed E-state index contributed by atoms with van der Waals surface area (Å²) in [7, 11) is 1.42. The number of hydrogen-bond donors (Lipinski definition) is 2. The van der Waals surface area contributed by atoms with Crippen LogP contribution in [0.3, 0.4) is 0 Å². The number of rotatable bonds is 6. The molecule has 0 aliphatic carbocycles. The second-order valence-electron chi connectivity index (χ2n) is 5.57. The summed E-state index contributed by atoms with van der Waals surface area (Å²) in [5.41, 5.74) is 0.770. The first kappa shape index (κ1) is 17.3. The molecule has 2 N–H and O–H groups in total. The Hall–Kier alpha value is -3.49. The van der Waals surface area contributed by atoms with Gasteiger partial charge < -0.3 is 24.8 Å². The van der Waals surface area contributed by atoms with Crippen LogP contribution in [0.5, 0.6) is 17.2 Å². The molecule has 0 spiro atoms. The molecule has 9 heteroatoms. The second kappa shape index (κ2) is 7.18. The number of carbonyl (C=O) groups is 1. The number of anilines is 2. The minimum absolute atomic E-state index is 0.141. The van der Waals surface area contributed by atoms with Crippen molar-refractivity contribution in [1.29, 1.82) is 0 Å². The molecule has 26 heavy (non-hydrogen) atoms. The van der Waals surface area contributed by atoms with Crippen LogP contribution in [0.4, 0.5) is 17.1 Å². The predicted octanol–water partition coefficient (Wildman–Crippen LogP) is 2.77. The maximum absolute atomic E-state index is 12.4. The molecule has 0 radical (unpaired) electrons. The monoisotopic (exact) mass is 359 g/mol. The van der Waals surface area contributed by atoms with Gasteiger partial charge in [0.1, 0.15) is 11.8 Å². The van der Waals surface area contributed by atoms with Gasteiger partial charge in [0.2, 0.25) is 12.7 Å². The van der Waals surface area contributed by atoms with Crippen LogP contribution in [0.1, 0.15) is 6.92 Å². The Morgan fingerprint density at radius 3 is 2.73 bits per heavy atom. The number of hydrogen-bond acceptors (Lipinski definition) is 7. The Balaban J connectivity index is 1.71. The van der Waals surface area contributed by atoms with Crippen LogP contribution < -0.4 is 24.8 Å². The molecular weight excluding hydrogens is 342 g/mol. The SMILES string of the molecule is COc1ccc([N+](=O)[O-])cc1NC(=O)[C@@H](C)Nc1ccc2c(c1)OCO2. The number of nitro groups is 1. The van der Waals surface area contributed by atoms with Crippen molar-refractivity contribution in [2.24, 2.45) is 0 Å². The summed E-state index contributed by atoms with van der Waals surface area (Å²) in [6.45, 7) is 1.84. The number of nitro benzene ring substituents is 1. The van der Waals surface area contributed by atoms with Gasteiger partial charge in [-0.3, -0.25) is 14.9 Å². The molecule has 0 saturated heterocycles. The largest absolute Gasteiger partial charge is 0.495 e. The highest BCUT2D eigenvalue weighted by molar-refractivity contribution is 5.97. The van der Waals surface area contributed by atoms with Gasteiger partial charge in [-0.25, -0.2) is 0 Å². The van der Waals surface area contributed by atoms with Gasteiger partial charge in [0.25, 0.3) is 5.69 Å². The average Bonchev–Trinajstić information content (AvgIpc) is 3.09. The molecule has 1 aliphatic rings. The van der Waals surface area contributed by atoms with Crippen LogP contribution >= 0.6 is 0 Å². The van der Waals surface area contributed by atoms with Gasteiger partial charge in [-0.2, -0.15) is 0 Å². The molecular formula is C17H17N3O6. The summed E-state index contributed by atoms with van der Waals surface area (Å²) < 4.78 is 15.7.